The maximum atomic E-state index is 12.1. The van der Waals surface area contributed by atoms with Gasteiger partial charge in [-0.25, -0.2) is 0 Å². The van der Waals surface area contributed by atoms with Gasteiger partial charge in [-0.15, -0.1) is 0 Å². The third-order valence-electron chi connectivity index (χ3n) is 3.15. The van der Waals surface area contributed by atoms with E-state index in [-0.39, 0.29) is 18.1 Å². The van der Waals surface area contributed by atoms with E-state index in [0.717, 1.165) is 18.5 Å². The van der Waals surface area contributed by atoms with Crippen molar-refractivity contribution in [2.45, 2.75) is 31.6 Å². The number of hydrogen-bond acceptors (Lipinski definition) is 4. The topological polar surface area (TPSA) is 68.5 Å². The molecule has 1 aliphatic rings. The van der Waals surface area contributed by atoms with Gasteiger partial charge in [-0.2, -0.15) is 0 Å². The second-order valence-corrected chi connectivity index (χ2v) is 4.58. The molecule has 98 valence electrons. The van der Waals surface area contributed by atoms with Crippen LogP contribution in [-0.4, -0.2) is 41.6 Å². The molecule has 2 rings (SSSR count). The Labute approximate surface area is 107 Å². The number of carbonyl (C=O) groups excluding carboxylic acids is 1. The Morgan fingerprint density at radius 2 is 2.39 bits per heavy atom. The highest BCUT2D eigenvalue weighted by atomic mass is 16.5. The fraction of sp³-hybridized carbons (Fsp3) is 0.538. The van der Waals surface area contributed by atoms with Crippen LogP contribution in [0.1, 0.15) is 18.5 Å². The summed E-state index contributed by atoms with van der Waals surface area (Å²) in [7, 11) is 1.77. The largest absolute Gasteiger partial charge is 0.364 e. The van der Waals surface area contributed by atoms with E-state index in [9.17, 15) is 4.79 Å². The minimum Gasteiger partial charge on any atom is -0.364 e. The molecule has 1 aromatic rings. The van der Waals surface area contributed by atoms with Gasteiger partial charge in [0, 0.05) is 19.8 Å². The molecule has 5 nitrogen and oxygen atoms in total. The standard InChI is InChI=1S/C13H19N3O2/c1-16(9-10-4-2-3-7-15-10)13(17)12-6-5-11(8-14)18-12/h2-4,7,11-12H,5-6,8-9,14H2,1H3/t11-,12+/m1/s1. The van der Waals surface area contributed by atoms with Crippen molar-refractivity contribution in [1.29, 1.82) is 0 Å². The van der Waals surface area contributed by atoms with Crippen LogP contribution in [0.4, 0.5) is 0 Å². The lowest BCUT2D eigenvalue weighted by atomic mass is 10.2. The fourth-order valence-corrected chi connectivity index (χ4v) is 2.12. The summed E-state index contributed by atoms with van der Waals surface area (Å²) in [5, 5.41) is 0. The number of hydrogen-bond donors (Lipinski definition) is 1. The summed E-state index contributed by atoms with van der Waals surface area (Å²) >= 11 is 0. The second kappa shape index (κ2) is 5.93. The van der Waals surface area contributed by atoms with E-state index in [2.05, 4.69) is 4.98 Å². The van der Waals surface area contributed by atoms with Crippen LogP contribution < -0.4 is 5.73 Å². The van der Waals surface area contributed by atoms with Gasteiger partial charge in [0.15, 0.2) is 0 Å². The maximum Gasteiger partial charge on any atom is 0.251 e. The number of rotatable bonds is 4. The molecule has 0 unspecified atom stereocenters. The van der Waals surface area contributed by atoms with Gasteiger partial charge in [-0.3, -0.25) is 9.78 Å². The van der Waals surface area contributed by atoms with Gasteiger partial charge < -0.3 is 15.4 Å². The quantitative estimate of drug-likeness (QED) is 0.846. The lowest BCUT2D eigenvalue weighted by Gasteiger charge is -2.20. The third kappa shape index (κ3) is 3.05. The van der Waals surface area contributed by atoms with Gasteiger partial charge in [0.05, 0.1) is 18.3 Å². The predicted octanol–water partition coefficient (Wildman–Crippen LogP) is 0.546. The summed E-state index contributed by atoms with van der Waals surface area (Å²) in [5.41, 5.74) is 6.41. The number of nitrogens with two attached hydrogens (primary N) is 1. The lowest BCUT2D eigenvalue weighted by molar-refractivity contribution is -0.142. The minimum absolute atomic E-state index is 0.0107. The monoisotopic (exact) mass is 249 g/mol. The van der Waals surface area contributed by atoms with Crippen molar-refractivity contribution in [1.82, 2.24) is 9.88 Å². The summed E-state index contributed by atoms with van der Waals surface area (Å²) < 4.78 is 5.59. The van der Waals surface area contributed by atoms with Crippen LogP contribution in [-0.2, 0) is 16.1 Å². The molecule has 18 heavy (non-hydrogen) atoms. The van der Waals surface area contributed by atoms with Crippen molar-refractivity contribution in [2.75, 3.05) is 13.6 Å². The number of amides is 1. The first-order valence-electron chi connectivity index (χ1n) is 6.21. The highest BCUT2D eigenvalue weighted by Gasteiger charge is 2.31. The van der Waals surface area contributed by atoms with E-state index in [0.29, 0.717) is 13.1 Å². The average molecular weight is 249 g/mol. The number of likely N-dealkylation sites (N-methyl/N-ethyl adjacent to an activating group) is 1. The van der Waals surface area contributed by atoms with Crippen LogP contribution in [0.25, 0.3) is 0 Å². The van der Waals surface area contributed by atoms with E-state index in [1.807, 2.05) is 18.2 Å². The highest BCUT2D eigenvalue weighted by molar-refractivity contribution is 5.80. The molecule has 1 aromatic heterocycles. The predicted molar refractivity (Wildman–Crippen MR) is 67.7 cm³/mol. The van der Waals surface area contributed by atoms with Crippen molar-refractivity contribution >= 4 is 5.91 Å². The van der Waals surface area contributed by atoms with E-state index >= 15 is 0 Å². The Kier molecular flexibility index (Phi) is 4.28. The molecule has 1 aliphatic heterocycles. The first-order valence-corrected chi connectivity index (χ1v) is 6.21. The van der Waals surface area contributed by atoms with Crippen molar-refractivity contribution < 1.29 is 9.53 Å². The third-order valence-corrected chi connectivity index (χ3v) is 3.15. The lowest BCUT2D eigenvalue weighted by Crippen LogP contribution is -2.36. The summed E-state index contributed by atoms with van der Waals surface area (Å²) in [5.74, 6) is 0.0107. The molecular formula is C13H19N3O2. The summed E-state index contributed by atoms with van der Waals surface area (Å²) in [4.78, 5) is 18.0. The fourth-order valence-electron chi connectivity index (χ4n) is 2.12. The number of ether oxygens (including phenoxy) is 1. The molecule has 0 spiro atoms. The first-order chi connectivity index (χ1) is 8.70. The molecule has 0 bridgehead atoms. The molecule has 0 aromatic carbocycles. The molecule has 1 amide bonds. The molecule has 0 saturated carbocycles. The summed E-state index contributed by atoms with van der Waals surface area (Å²) in [6.07, 6.45) is 3.04. The Morgan fingerprint density at radius 1 is 1.56 bits per heavy atom. The molecule has 2 heterocycles. The van der Waals surface area contributed by atoms with Crippen molar-refractivity contribution in [2.24, 2.45) is 5.73 Å². The smallest absolute Gasteiger partial charge is 0.251 e. The molecular weight excluding hydrogens is 230 g/mol. The van der Waals surface area contributed by atoms with Gasteiger partial charge >= 0.3 is 0 Å². The normalized spacial score (nSPS) is 23.0. The van der Waals surface area contributed by atoms with Crippen molar-refractivity contribution in [3.8, 4) is 0 Å². The second-order valence-electron chi connectivity index (χ2n) is 4.58. The zero-order valence-corrected chi connectivity index (χ0v) is 10.6. The number of pyridine rings is 1. The van der Waals surface area contributed by atoms with Crippen LogP contribution in [0.5, 0.6) is 0 Å². The molecule has 0 aliphatic carbocycles. The Balaban J connectivity index is 1.89. The van der Waals surface area contributed by atoms with Crippen molar-refractivity contribution in [3.05, 3.63) is 30.1 Å². The summed E-state index contributed by atoms with van der Waals surface area (Å²) in [6, 6.07) is 5.68. The van der Waals surface area contributed by atoms with E-state index < -0.39 is 0 Å². The van der Waals surface area contributed by atoms with Gasteiger partial charge in [0.25, 0.3) is 5.91 Å². The van der Waals surface area contributed by atoms with E-state index in [4.69, 9.17) is 10.5 Å². The van der Waals surface area contributed by atoms with Crippen LogP contribution in [0, 0.1) is 0 Å². The molecule has 5 heteroatoms. The minimum atomic E-state index is -0.340. The van der Waals surface area contributed by atoms with Crippen LogP contribution in [0.15, 0.2) is 24.4 Å². The Bertz CT molecular complexity index is 396. The molecule has 2 N–H and O–H groups in total. The van der Waals surface area contributed by atoms with Gasteiger partial charge in [-0.05, 0) is 25.0 Å². The van der Waals surface area contributed by atoms with Crippen molar-refractivity contribution in [3.63, 3.8) is 0 Å². The van der Waals surface area contributed by atoms with Crippen LogP contribution in [0.3, 0.4) is 0 Å². The van der Waals surface area contributed by atoms with Gasteiger partial charge in [-0.1, -0.05) is 6.07 Å². The van der Waals surface area contributed by atoms with E-state index in [1.54, 1.807) is 18.1 Å². The summed E-state index contributed by atoms with van der Waals surface area (Å²) in [6.45, 7) is 0.987. The van der Waals surface area contributed by atoms with Crippen LogP contribution in [0.2, 0.25) is 0 Å². The molecule has 0 radical (unpaired) electrons. The average Bonchev–Trinajstić information content (AvgIpc) is 2.87. The highest BCUT2D eigenvalue weighted by Crippen LogP contribution is 2.20. The number of nitrogens with zero attached hydrogens (tertiary/aromatic N) is 2. The molecule has 1 fully saturated rings. The van der Waals surface area contributed by atoms with E-state index in [1.165, 1.54) is 0 Å². The zero-order chi connectivity index (χ0) is 13.0. The zero-order valence-electron chi connectivity index (χ0n) is 10.6. The van der Waals surface area contributed by atoms with Crippen LogP contribution >= 0.6 is 0 Å². The molecule has 1 saturated heterocycles. The Hall–Kier alpha value is -1.46. The molecule has 2 atom stereocenters. The first kappa shape index (κ1) is 13.0. The van der Waals surface area contributed by atoms with Gasteiger partial charge in [0.1, 0.15) is 6.10 Å². The maximum absolute atomic E-state index is 12.1. The SMILES string of the molecule is CN(Cc1ccccn1)C(=O)[C@@H]1CC[C@H](CN)O1. The van der Waals surface area contributed by atoms with Gasteiger partial charge in [0.2, 0.25) is 0 Å². The number of carbonyl (C=O) groups is 1. The Morgan fingerprint density at radius 3 is 3.00 bits per heavy atom. The number of aromatic nitrogens is 1.